The second-order valence-electron chi connectivity index (χ2n) is 2.94. The summed E-state index contributed by atoms with van der Waals surface area (Å²) in [4.78, 5) is 17.3. The van der Waals surface area contributed by atoms with Gasteiger partial charge in [-0.15, -0.1) is 0 Å². The Morgan fingerprint density at radius 2 is 2.00 bits per heavy atom. The van der Waals surface area contributed by atoms with E-state index in [1.165, 1.54) is 0 Å². The lowest BCUT2D eigenvalue weighted by atomic mass is 10.1. The number of aryl methyl sites for hydroxylation is 1. The van der Waals surface area contributed by atoms with E-state index in [0.717, 1.165) is 18.4 Å². The van der Waals surface area contributed by atoms with Crippen LogP contribution in [-0.4, -0.2) is 9.79 Å². The van der Waals surface area contributed by atoms with E-state index < -0.39 is 7.82 Å². The zero-order chi connectivity index (χ0) is 10.6. The van der Waals surface area contributed by atoms with E-state index in [4.69, 9.17) is 9.79 Å². The first-order valence-electron chi connectivity index (χ1n) is 4.36. The minimum atomic E-state index is -4.44. The van der Waals surface area contributed by atoms with E-state index in [9.17, 15) is 4.57 Å². The van der Waals surface area contributed by atoms with Crippen molar-refractivity contribution in [2.75, 3.05) is 0 Å². The highest BCUT2D eigenvalue weighted by molar-refractivity contribution is 7.46. The van der Waals surface area contributed by atoms with Crippen LogP contribution in [0.4, 0.5) is 0 Å². The maximum Gasteiger partial charge on any atom is 0.524 e. The molecule has 1 aromatic carbocycles. The third-order valence-electron chi connectivity index (χ3n) is 1.71. The first-order chi connectivity index (χ1) is 6.53. The number of benzene rings is 1. The first-order valence-corrected chi connectivity index (χ1v) is 5.89. The van der Waals surface area contributed by atoms with Crippen LogP contribution in [0.3, 0.4) is 0 Å². The van der Waals surface area contributed by atoms with Gasteiger partial charge in [-0.05, 0) is 18.1 Å². The largest absolute Gasteiger partial charge is 0.524 e. The van der Waals surface area contributed by atoms with E-state index >= 15 is 0 Å². The molecule has 0 aliphatic rings. The molecule has 0 fully saturated rings. The summed E-state index contributed by atoms with van der Waals surface area (Å²) in [6.45, 7) is 1.99. The Bertz CT molecular complexity index is 344. The van der Waals surface area contributed by atoms with Gasteiger partial charge in [-0.25, -0.2) is 4.57 Å². The zero-order valence-electron chi connectivity index (χ0n) is 7.88. The van der Waals surface area contributed by atoms with Crippen molar-refractivity contribution < 1.29 is 18.9 Å². The molecule has 0 atom stereocenters. The third-order valence-corrected chi connectivity index (χ3v) is 2.14. The lowest BCUT2D eigenvalue weighted by molar-refractivity contribution is 0.282. The van der Waals surface area contributed by atoms with E-state index in [1.54, 1.807) is 18.2 Å². The molecule has 0 saturated carbocycles. The zero-order valence-corrected chi connectivity index (χ0v) is 8.78. The molecule has 4 nitrogen and oxygen atoms in total. The molecule has 0 aromatic heterocycles. The van der Waals surface area contributed by atoms with Crippen LogP contribution in [-0.2, 0) is 11.0 Å². The van der Waals surface area contributed by atoms with Gasteiger partial charge in [0, 0.05) is 0 Å². The molecule has 0 aliphatic carbocycles. The van der Waals surface area contributed by atoms with Crippen LogP contribution in [0.1, 0.15) is 18.9 Å². The summed E-state index contributed by atoms with van der Waals surface area (Å²) in [5.41, 5.74) is 0.818. The number of hydrogen-bond acceptors (Lipinski definition) is 2. The van der Waals surface area contributed by atoms with Crippen molar-refractivity contribution in [3.63, 3.8) is 0 Å². The van der Waals surface area contributed by atoms with Crippen LogP contribution in [0.25, 0.3) is 0 Å². The van der Waals surface area contributed by atoms with Crippen LogP contribution in [0.5, 0.6) is 5.75 Å². The van der Waals surface area contributed by atoms with Gasteiger partial charge < -0.3 is 4.52 Å². The van der Waals surface area contributed by atoms with Crippen LogP contribution >= 0.6 is 7.82 Å². The quantitative estimate of drug-likeness (QED) is 0.756. The number of para-hydroxylation sites is 1. The van der Waals surface area contributed by atoms with Crippen molar-refractivity contribution >= 4 is 7.82 Å². The third kappa shape index (κ3) is 3.50. The van der Waals surface area contributed by atoms with E-state index in [1.807, 2.05) is 13.0 Å². The fourth-order valence-corrected chi connectivity index (χ4v) is 1.63. The highest BCUT2D eigenvalue weighted by Crippen LogP contribution is 2.39. The molecule has 0 saturated heterocycles. The maximum absolute atomic E-state index is 10.6. The van der Waals surface area contributed by atoms with E-state index in [-0.39, 0.29) is 5.75 Å². The van der Waals surface area contributed by atoms with E-state index in [2.05, 4.69) is 4.52 Å². The smallest absolute Gasteiger partial charge is 0.404 e. The van der Waals surface area contributed by atoms with Gasteiger partial charge in [0.05, 0.1) is 0 Å². The average Bonchev–Trinajstić information content (AvgIpc) is 2.06. The number of phosphoric acid groups is 1. The monoisotopic (exact) mass is 216 g/mol. The average molecular weight is 216 g/mol. The normalized spacial score (nSPS) is 11.4. The number of rotatable bonds is 4. The van der Waals surface area contributed by atoms with Crippen molar-refractivity contribution in [2.24, 2.45) is 0 Å². The Morgan fingerprint density at radius 1 is 1.36 bits per heavy atom. The Labute approximate surface area is 82.8 Å². The molecule has 0 spiro atoms. The molecule has 78 valence electrons. The molecular formula is C9H13O4P. The molecule has 0 heterocycles. The van der Waals surface area contributed by atoms with Crippen molar-refractivity contribution in [2.45, 2.75) is 19.8 Å². The molecule has 0 aliphatic heterocycles. The van der Waals surface area contributed by atoms with E-state index in [0.29, 0.717) is 0 Å². The minimum absolute atomic E-state index is 0.266. The Kier molecular flexibility index (Phi) is 3.69. The molecule has 5 heteroatoms. The molecule has 1 rings (SSSR count). The second kappa shape index (κ2) is 4.60. The summed E-state index contributed by atoms with van der Waals surface area (Å²) in [6, 6.07) is 6.86. The molecule has 0 radical (unpaired) electrons. The summed E-state index contributed by atoms with van der Waals surface area (Å²) < 4.78 is 15.2. The van der Waals surface area contributed by atoms with Gasteiger partial charge in [0.15, 0.2) is 0 Å². The SMILES string of the molecule is CCCc1ccccc1OP(=O)(O)O. The van der Waals surface area contributed by atoms with Gasteiger partial charge in [0.1, 0.15) is 5.75 Å². The predicted octanol–water partition coefficient (Wildman–Crippen LogP) is 2.11. The number of phosphoric ester groups is 1. The number of hydrogen-bond donors (Lipinski definition) is 2. The van der Waals surface area contributed by atoms with Crippen LogP contribution < -0.4 is 4.52 Å². The summed E-state index contributed by atoms with van der Waals surface area (Å²) in [5, 5.41) is 0. The Balaban J connectivity index is 2.90. The van der Waals surface area contributed by atoms with Gasteiger partial charge in [0.25, 0.3) is 0 Å². The van der Waals surface area contributed by atoms with Crippen molar-refractivity contribution in [1.29, 1.82) is 0 Å². The summed E-state index contributed by atoms with van der Waals surface area (Å²) in [6.07, 6.45) is 1.65. The minimum Gasteiger partial charge on any atom is -0.404 e. The second-order valence-corrected chi connectivity index (χ2v) is 4.10. The molecule has 2 N–H and O–H groups in total. The highest BCUT2D eigenvalue weighted by Gasteiger charge is 2.17. The Morgan fingerprint density at radius 3 is 2.57 bits per heavy atom. The maximum atomic E-state index is 10.6. The topological polar surface area (TPSA) is 66.8 Å². The fourth-order valence-electron chi connectivity index (χ4n) is 1.20. The molecule has 14 heavy (non-hydrogen) atoms. The lowest BCUT2D eigenvalue weighted by Crippen LogP contribution is -1.94. The van der Waals surface area contributed by atoms with Crippen molar-refractivity contribution in [3.8, 4) is 5.75 Å². The first kappa shape index (κ1) is 11.2. The molecule has 0 bridgehead atoms. The van der Waals surface area contributed by atoms with Crippen molar-refractivity contribution in [3.05, 3.63) is 29.8 Å². The molecule has 0 unspecified atom stereocenters. The highest BCUT2D eigenvalue weighted by atomic mass is 31.2. The van der Waals surface area contributed by atoms with Crippen LogP contribution in [0.15, 0.2) is 24.3 Å². The standard InChI is InChI=1S/C9H13O4P/c1-2-5-8-6-3-4-7-9(8)13-14(10,11)12/h3-4,6-7H,2,5H2,1H3,(H2,10,11,12). The Hall–Kier alpha value is -0.830. The molecule has 0 amide bonds. The fraction of sp³-hybridized carbons (Fsp3) is 0.333. The predicted molar refractivity (Wildman–Crippen MR) is 53.1 cm³/mol. The summed E-state index contributed by atoms with van der Waals surface area (Å²) in [7, 11) is -4.44. The van der Waals surface area contributed by atoms with Gasteiger partial charge >= 0.3 is 7.82 Å². The van der Waals surface area contributed by atoms with Gasteiger partial charge in [0.2, 0.25) is 0 Å². The lowest BCUT2D eigenvalue weighted by Gasteiger charge is -2.10. The molecular weight excluding hydrogens is 203 g/mol. The van der Waals surface area contributed by atoms with Crippen LogP contribution in [0, 0.1) is 0 Å². The van der Waals surface area contributed by atoms with Gasteiger partial charge in [-0.3, -0.25) is 9.79 Å². The van der Waals surface area contributed by atoms with Gasteiger partial charge in [-0.2, -0.15) is 0 Å². The van der Waals surface area contributed by atoms with Crippen LogP contribution in [0.2, 0.25) is 0 Å². The van der Waals surface area contributed by atoms with Crippen molar-refractivity contribution in [1.82, 2.24) is 0 Å². The van der Waals surface area contributed by atoms with Gasteiger partial charge in [-0.1, -0.05) is 31.5 Å². The summed E-state index contributed by atoms with van der Waals surface area (Å²) in [5.74, 6) is 0.266. The molecule has 1 aromatic rings. The summed E-state index contributed by atoms with van der Waals surface area (Å²) >= 11 is 0.